The highest BCUT2D eigenvalue weighted by atomic mass is 16.1. The van der Waals surface area contributed by atoms with Crippen molar-refractivity contribution < 1.29 is 0 Å². The maximum absolute atomic E-state index is 11.8. The summed E-state index contributed by atoms with van der Waals surface area (Å²) in [5.41, 5.74) is 1.48. The van der Waals surface area contributed by atoms with Crippen LogP contribution in [0.3, 0.4) is 0 Å². The number of piperidine rings is 1. The summed E-state index contributed by atoms with van der Waals surface area (Å²) in [6.07, 6.45) is 5.47. The van der Waals surface area contributed by atoms with Crippen molar-refractivity contribution >= 4 is 0 Å². The van der Waals surface area contributed by atoms with Gasteiger partial charge in [0.1, 0.15) is 5.82 Å². The van der Waals surface area contributed by atoms with Gasteiger partial charge in [0, 0.05) is 29.9 Å². The second-order valence-corrected chi connectivity index (χ2v) is 4.78. The highest BCUT2D eigenvalue weighted by Crippen LogP contribution is 2.23. The largest absolute Gasteiger partial charge is 0.317 e. The fraction of sp³-hybridized carbons (Fsp3) is 0.357. The van der Waals surface area contributed by atoms with Gasteiger partial charge in [-0.1, -0.05) is 0 Å². The summed E-state index contributed by atoms with van der Waals surface area (Å²) in [5, 5.41) is 3.32. The van der Waals surface area contributed by atoms with Gasteiger partial charge in [0.15, 0.2) is 0 Å². The quantitative estimate of drug-likeness (QED) is 0.849. The third-order valence-electron chi connectivity index (χ3n) is 3.44. The summed E-state index contributed by atoms with van der Waals surface area (Å²) in [6.45, 7) is 1.96. The van der Waals surface area contributed by atoms with Crippen molar-refractivity contribution in [1.29, 1.82) is 0 Å². The fourth-order valence-electron chi connectivity index (χ4n) is 2.43. The molecule has 1 aliphatic heterocycles. The number of pyridine rings is 1. The lowest BCUT2D eigenvalue weighted by atomic mass is 9.97. The second kappa shape index (κ2) is 5.32. The maximum Gasteiger partial charge on any atom is 0.251 e. The molecule has 5 heteroatoms. The minimum Gasteiger partial charge on any atom is -0.317 e. The van der Waals surface area contributed by atoms with E-state index in [1.807, 2.05) is 12.1 Å². The monoisotopic (exact) mass is 256 g/mol. The summed E-state index contributed by atoms with van der Waals surface area (Å²) in [5.74, 6) is 1.14. The van der Waals surface area contributed by atoms with Crippen LogP contribution < -0.4 is 10.9 Å². The first-order chi connectivity index (χ1) is 9.33. The van der Waals surface area contributed by atoms with Gasteiger partial charge in [-0.05, 0) is 38.1 Å². The molecule has 2 aromatic rings. The first kappa shape index (κ1) is 12.0. The van der Waals surface area contributed by atoms with Gasteiger partial charge in [-0.2, -0.15) is 0 Å². The molecule has 0 spiro atoms. The lowest BCUT2D eigenvalue weighted by Gasteiger charge is -2.21. The molecule has 0 atom stereocenters. The molecule has 0 aromatic carbocycles. The Morgan fingerprint density at radius 1 is 1.26 bits per heavy atom. The Labute approximate surface area is 111 Å². The number of hydrogen-bond donors (Lipinski definition) is 2. The predicted molar refractivity (Wildman–Crippen MR) is 72.9 cm³/mol. The standard InChI is InChI=1S/C14H16N4O/c19-13-8-12(11-2-1-5-16-9-11)17-14(18-13)10-3-6-15-7-4-10/h1-2,5,8-10,15H,3-4,6-7H2,(H,17,18,19). The number of nitrogens with one attached hydrogen (secondary N) is 2. The zero-order chi connectivity index (χ0) is 13.1. The Hall–Kier alpha value is -2.01. The molecule has 2 N–H and O–H groups in total. The van der Waals surface area contributed by atoms with Crippen molar-refractivity contribution in [3.63, 3.8) is 0 Å². The van der Waals surface area contributed by atoms with Crippen LogP contribution in [0.25, 0.3) is 11.3 Å². The summed E-state index contributed by atoms with van der Waals surface area (Å²) >= 11 is 0. The van der Waals surface area contributed by atoms with Crippen LogP contribution in [-0.4, -0.2) is 28.0 Å². The van der Waals surface area contributed by atoms with Gasteiger partial charge in [-0.25, -0.2) is 4.98 Å². The van der Waals surface area contributed by atoms with Gasteiger partial charge in [0.05, 0.1) is 5.69 Å². The SMILES string of the molecule is O=c1cc(-c2cccnc2)nc(C2CCNCC2)[nH]1. The molecule has 5 nitrogen and oxygen atoms in total. The minimum absolute atomic E-state index is 0.0950. The number of H-pyrrole nitrogens is 1. The van der Waals surface area contributed by atoms with Gasteiger partial charge in [-0.15, -0.1) is 0 Å². The molecular weight excluding hydrogens is 240 g/mol. The third-order valence-corrected chi connectivity index (χ3v) is 3.44. The molecule has 3 rings (SSSR count). The molecule has 0 bridgehead atoms. The van der Waals surface area contributed by atoms with Crippen LogP contribution in [0.15, 0.2) is 35.4 Å². The maximum atomic E-state index is 11.8. The molecule has 0 saturated carbocycles. The van der Waals surface area contributed by atoms with Crippen LogP contribution in [0.2, 0.25) is 0 Å². The van der Waals surface area contributed by atoms with E-state index in [0.717, 1.165) is 37.3 Å². The molecule has 1 saturated heterocycles. The molecule has 0 amide bonds. The van der Waals surface area contributed by atoms with Crippen molar-refractivity contribution in [1.82, 2.24) is 20.3 Å². The number of rotatable bonds is 2. The van der Waals surface area contributed by atoms with Gasteiger partial charge in [0.2, 0.25) is 0 Å². The Morgan fingerprint density at radius 2 is 2.11 bits per heavy atom. The first-order valence-corrected chi connectivity index (χ1v) is 6.55. The topological polar surface area (TPSA) is 70.7 Å². The first-order valence-electron chi connectivity index (χ1n) is 6.55. The molecule has 98 valence electrons. The number of aromatic nitrogens is 3. The lowest BCUT2D eigenvalue weighted by molar-refractivity contribution is 0.444. The average Bonchev–Trinajstić information content (AvgIpc) is 2.48. The van der Waals surface area contributed by atoms with E-state index in [1.54, 1.807) is 12.4 Å². The number of hydrogen-bond acceptors (Lipinski definition) is 4. The Kier molecular flexibility index (Phi) is 3.37. The fourth-order valence-corrected chi connectivity index (χ4v) is 2.43. The van der Waals surface area contributed by atoms with E-state index in [2.05, 4.69) is 20.3 Å². The van der Waals surface area contributed by atoms with Crippen molar-refractivity contribution in [2.75, 3.05) is 13.1 Å². The smallest absolute Gasteiger partial charge is 0.251 e. The van der Waals surface area contributed by atoms with E-state index in [1.165, 1.54) is 6.07 Å². The summed E-state index contributed by atoms with van der Waals surface area (Å²) < 4.78 is 0. The van der Waals surface area contributed by atoms with E-state index in [-0.39, 0.29) is 5.56 Å². The number of nitrogens with zero attached hydrogens (tertiary/aromatic N) is 2. The van der Waals surface area contributed by atoms with E-state index < -0.39 is 0 Å². The highest BCUT2D eigenvalue weighted by molar-refractivity contribution is 5.56. The molecule has 0 unspecified atom stereocenters. The Balaban J connectivity index is 1.98. The molecule has 1 fully saturated rings. The molecule has 19 heavy (non-hydrogen) atoms. The number of aromatic amines is 1. The third kappa shape index (κ3) is 2.71. The summed E-state index contributed by atoms with van der Waals surface area (Å²) in [6, 6.07) is 5.30. The van der Waals surface area contributed by atoms with Crippen LogP contribution in [0.1, 0.15) is 24.6 Å². The van der Waals surface area contributed by atoms with Crippen LogP contribution >= 0.6 is 0 Å². The van der Waals surface area contributed by atoms with Crippen LogP contribution in [0.4, 0.5) is 0 Å². The zero-order valence-electron chi connectivity index (χ0n) is 10.6. The molecule has 3 heterocycles. The zero-order valence-corrected chi connectivity index (χ0v) is 10.6. The molecule has 2 aromatic heterocycles. The Morgan fingerprint density at radius 3 is 2.84 bits per heavy atom. The van der Waals surface area contributed by atoms with Crippen molar-refractivity contribution in [2.45, 2.75) is 18.8 Å². The molecule has 0 aliphatic carbocycles. The molecule has 1 aliphatic rings. The molecular formula is C14H16N4O. The van der Waals surface area contributed by atoms with E-state index in [4.69, 9.17) is 0 Å². The van der Waals surface area contributed by atoms with Gasteiger partial charge < -0.3 is 10.3 Å². The van der Waals surface area contributed by atoms with E-state index in [0.29, 0.717) is 11.6 Å². The van der Waals surface area contributed by atoms with Crippen molar-refractivity contribution in [2.24, 2.45) is 0 Å². The lowest BCUT2D eigenvalue weighted by Crippen LogP contribution is -2.28. The predicted octanol–water partition coefficient (Wildman–Crippen LogP) is 1.30. The minimum atomic E-state index is -0.0950. The highest BCUT2D eigenvalue weighted by Gasteiger charge is 2.18. The van der Waals surface area contributed by atoms with Crippen molar-refractivity contribution in [3.8, 4) is 11.3 Å². The Bertz CT molecular complexity index is 602. The summed E-state index contributed by atoms with van der Waals surface area (Å²) in [4.78, 5) is 23.3. The van der Waals surface area contributed by atoms with Gasteiger partial charge in [0.25, 0.3) is 5.56 Å². The van der Waals surface area contributed by atoms with E-state index in [9.17, 15) is 4.79 Å². The van der Waals surface area contributed by atoms with Crippen LogP contribution in [-0.2, 0) is 0 Å². The van der Waals surface area contributed by atoms with Gasteiger partial charge >= 0.3 is 0 Å². The average molecular weight is 256 g/mol. The van der Waals surface area contributed by atoms with Crippen LogP contribution in [0, 0.1) is 0 Å². The second-order valence-electron chi connectivity index (χ2n) is 4.78. The normalized spacial score (nSPS) is 16.4. The summed E-state index contributed by atoms with van der Waals surface area (Å²) in [7, 11) is 0. The van der Waals surface area contributed by atoms with Crippen molar-refractivity contribution in [3.05, 3.63) is 46.8 Å². The van der Waals surface area contributed by atoms with E-state index >= 15 is 0 Å². The van der Waals surface area contributed by atoms with Crippen LogP contribution in [0.5, 0.6) is 0 Å². The van der Waals surface area contributed by atoms with Gasteiger partial charge in [-0.3, -0.25) is 9.78 Å². The molecule has 0 radical (unpaired) electrons.